The highest BCUT2D eigenvalue weighted by Crippen LogP contribution is 2.51. The van der Waals surface area contributed by atoms with Gasteiger partial charge in [-0.15, -0.1) is 18.8 Å². The summed E-state index contributed by atoms with van der Waals surface area (Å²) in [6.07, 6.45) is 23.2. The SMILES string of the molecule is C#CCCCOC[C@@H]1NC(=O)CNCC/C=C\CCCC(C#C)(C(C)(CC)CC)CCCOC[C@H](C(=O)N[C@@H](CCC(=O)O)C(C)=O)C(C)(C)NC1=O. The Labute approximate surface area is 318 Å². The van der Waals surface area contributed by atoms with Gasteiger partial charge in [-0.05, 0) is 96.9 Å². The average Bonchev–Trinajstić information content (AvgIpc) is 3.11. The van der Waals surface area contributed by atoms with Gasteiger partial charge in [0.1, 0.15) is 6.04 Å². The number of allylic oxidation sites excluding steroid dienone is 1. The van der Waals surface area contributed by atoms with E-state index in [0.717, 1.165) is 44.9 Å². The molecule has 1 rings (SSSR count). The van der Waals surface area contributed by atoms with Crippen LogP contribution in [-0.4, -0.2) is 91.7 Å². The quantitative estimate of drug-likeness (QED) is 0.0988. The summed E-state index contributed by atoms with van der Waals surface area (Å²) in [7, 11) is 0. The molecule has 1 unspecified atom stereocenters. The highest BCUT2D eigenvalue weighted by Gasteiger charge is 2.44. The summed E-state index contributed by atoms with van der Waals surface area (Å²) < 4.78 is 11.9. The molecule has 5 N–H and O–H groups in total. The summed E-state index contributed by atoms with van der Waals surface area (Å²) in [5, 5.41) is 20.7. The van der Waals surface area contributed by atoms with Crippen LogP contribution in [0, 0.1) is 41.4 Å². The predicted molar refractivity (Wildman–Crippen MR) is 206 cm³/mol. The molecule has 4 atom stereocenters. The number of rotatable bonds is 14. The van der Waals surface area contributed by atoms with Gasteiger partial charge in [-0.2, -0.15) is 0 Å². The van der Waals surface area contributed by atoms with Crippen LogP contribution < -0.4 is 21.3 Å². The highest BCUT2D eigenvalue weighted by molar-refractivity contribution is 5.91. The Morgan fingerprint density at radius 1 is 1.13 bits per heavy atom. The average molecular weight is 743 g/mol. The molecule has 0 radical (unpaired) electrons. The molecule has 0 bridgehead atoms. The highest BCUT2D eigenvalue weighted by atomic mass is 16.5. The molecular weight excluding hydrogens is 676 g/mol. The van der Waals surface area contributed by atoms with Crippen molar-refractivity contribution in [3.63, 3.8) is 0 Å². The lowest BCUT2D eigenvalue weighted by molar-refractivity contribution is -0.139. The van der Waals surface area contributed by atoms with Gasteiger partial charge in [-0.3, -0.25) is 24.0 Å². The van der Waals surface area contributed by atoms with Crippen molar-refractivity contribution >= 4 is 29.5 Å². The molecule has 0 saturated heterocycles. The van der Waals surface area contributed by atoms with Crippen molar-refractivity contribution in [2.75, 3.05) is 39.5 Å². The predicted octanol–water partition coefficient (Wildman–Crippen LogP) is 4.31. The molecule has 0 saturated carbocycles. The zero-order valence-corrected chi connectivity index (χ0v) is 33.1. The Morgan fingerprint density at radius 3 is 2.43 bits per heavy atom. The Balaban J connectivity index is 3.46. The molecule has 0 aliphatic carbocycles. The maximum Gasteiger partial charge on any atom is 0.303 e. The fourth-order valence-corrected chi connectivity index (χ4v) is 6.72. The Bertz CT molecular complexity index is 1300. The number of ketones is 1. The standard InChI is InChI=1S/C41H66N4O8/c1-9-13-19-26-53-30-34-38(51)45-39(6,7)32(37(50)44-33(31(5)46)21-22-36(48)49)29-52-27-20-24-41(12-4,40(8,10-2)11-3)23-17-15-14-16-18-25-42-28-35(47)43-34/h1,4,14,16,32-34,42H,10-11,13,15,17-30H2,2-3,5-8H3,(H,43,47)(H,44,50)(H,45,51)(H,48,49)/b16-14-/t32-,33+,34+,41?/m1/s1. The van der Waals surface area contributed by atoms with Gasteiger partial charge in [0.05, 0.1) is 31.7 Å². The lowest BCUT2D eigenvalue weighted by atomic mass is 9.58. The van der Waals surface area contributed by atoms with Crippen molar-refractivity contribution in [2.24, 2.45) is 16.7 Å². The van der Waals surface area contributed by atoms with Crippen LogP contribution in [-0.2, 0) is 33.4 Å². The molecule has 1 heterocycles. The van der Waals surface area contributed by atoms with Gasteiger partial charge in [0.2, 0.25) is 17.7 Å². The van der Waals surface area contributed by atoms with E-state index in [2.05, 4.69) is 66.0 Å². The van der Waals surface area contributed by atoms with Crippen LogP contribution in [0.1, 0.15) is 119 Å². The second-order valence-corrected chi connectivity index (χ2v) is 14.9. The number of hydrogen-bond acceptors (Lipinski definition) is 8. The van der Waals surface area contributed by atoms with Crippen LogP contribution in [0.4, 0.5) is 0 Å². The molecule has 12 heteroatoms. The fraction of sp³-hybridized carbons (Fsp3) is 0.732. The first-order valence-corrected chi connectivity index (χ1v) is 19.2. The van der Waals surface area contributed by atoms with Crippen molar-refractivity contribution < 1.29 is 38.6 Å². The molecule has 0 fully saturated rings. The number of Topliss-reactive ketones (excluding diaryl/α,β-unsaturated/α-hetero) is 1. The number of hydrogen-bond donors (Lipinski definition) is 5. The number of carboxylic acids is 1. The van der Waals surface area contributed by atoms with E-state index in [-0.39, 0.29) is 50.0 Å². The van der Waals surface area contributed by atoms with Crippen molar-refractivity contribution in [1.29, 1.82) is 0 Å². The number of nitrogens with one attached hydrogen (secondary N) is 4. The van der Waals surface area contributed by atoms with E-state index in [0.29, 0.717) is 32.4 Å². The van der Waals surface area contributed by atoms with Gasteiger partial charge in [0, 0.05) is 37.0 Å². The first-order valence-electron chi connectivity index (χ1n) is 19.2. The summed E-state index contributed by atoms with van der Waals surface area (Å²) in [6, 6.07) is -2.12. The van der Waals surface area contributed by atoms with Gasteiger partial charge in [-0.25, -0.2) is 0 Å². The van der Waals surface area contributed by atoms with E-state index in [1.807, 2.05) is 0 Å². The topological polar surface area (TPSA) is 172 Å². The largest absolute Gasteiger partial charge is 0.481 e. The number of carbonyl (C=O) groups excluding carboxylic acids is 4. The molecule has 1 aliphatic rings. The maximum absolute atomic E-state index is 13.9. The van der Waals surface area contributed by atoms with Crippen molar-refractivity contribution in [2.45, 2.75) is 136 Å². The number of aliphatic carboxylic acids is 1. The first kappa shape index (κ1) is 47.3. The van der Waals surface area contributed by atoms with Crippen molar-refractivity contribution in [3.05, 3.63) is 12.2 Å². The smallest absolute Gasteiger partial charge is 0.303 e. The summed E-state index contributed by atoms with van der Waals surface area (Å²) in [5.41, 5.74) is -1.70. The minimum atomic E-state index is -1.26. The number of unbranched alkanes of at least 4 members (excludes halogenated alkanes) is 1. The minimum absolute atomic E-state index is 0.0168. The lowest BCUT2D eigenvalue weighted by Crippen LogP contribution is -2.61. The second-order valence-electron chi connectivity index (χ2n) is 14.9. The molecule has 3 amide bonds. The first-order chi connectivity index (χ1) is 25.1. The van der Waals surface area contributed by atoms with E-state index in [1.165, 1.54) is 6.92 Å². The molecule has 53 heavy (non-hydrogen) atoms. The van der Waals surface area contributed by atoms with E-state index in [9.17, 15) is 29.1 Å². The molecule has 1 aliphatic heterocycles. The van der Waals surface area contributed by atoms with E-state index in [4.69, 9.17) is 22.3 Å². The second kappa shape index (κ2) is 24.6. The number of ether oxygens (including phenoxy) is 2. The van der Waals surface area contributed by atoms with Gasteiger partial charge >= 0.3 is 5.97 Å². The third-order valence-electron chi connectivity index (χ3n) is 10.7. The fourth-order valence-electron chi connectivity index (χ4n) is 6.72. The molecule has 298 valence electrons. The number of carbonyl (C=O) groups is 5. The van der Waals surface area contributed by atoms with Crippen LogP contribution in [0.5, 0.6) is 0 Å². The molecule has 0 aromatic rings. The molecule has 0 aromatic carbocycles. The summed E-state index contributed by atoms with van der Waals surface area (Å²) in [5.74, 6) is 1.69. The van der Waals surface area contributed by atoms with Crippen molar-refractivity contribution in [1.82, 2.24) is 21.3 Å². The van der Waals surface area contributed by atoms with E-state index < -0.39 is 53.0 Å². The Morgan fingerprint density at radius 2 is 1.81 bits per heavy atom. The molecule has 12 nitrogen and oxygen atoms in total. The van der Waals surface area contributed by atoms with Gasteiger partial charge in [0.25, 0.3) is 0 Å². The van der Waals surface area contributed by atoms with Crippen LogP contribution in [0.3, 0.4) is 0 Å². The monoisotopic (exact) mass is 742 g/mol. The molecule has 0 spiro atoms. The summed E-state index contributed by atoms with van der Waals surface area (Å²) >= 11 is 0. The van der Waals surface area contributed by atoms with Gasteiger partial charge in [0.15, 0.2) is 5.78 Å². The van der Waals surface area contributed by atoms with Crippen molar-refractivity contribution in [3.8, 4) is 24.7 Å². The number of terminal acetylenes is 2. The van der Waals surface area contributed by atoms with E-state index >= 15 is 0 Å². The molecule has 0 aromatic heterocycles. The maximum atomic E-state index is 13.9. The normalized spacial score (nSPS) is 24.0. The van der Waals surface area contributed by atoms with Crippen LogP contribution in [0.2, 0.25) is 0 Å². The Kier molecular flexibility index (Phi) is 21.9. The van der Waals surface area contributed by atoms with E-state index in [1.54, 1.807) is 13.8 Å². The summed E-state index contributed by atoms with van der Waals surface area (Å²) in [6.45, 7) is 12.1. The molecular formula is C41H66N4O8. The third-order valence-corrected chi connectivity index (χ3v) is 10.7. The third kappa shape index (κ3) is 16.5. The van der Waals surface area contributed by atoms with Crippen LogP contribution in [0.25, 0.3) is 0 Å². The minimum Gasteiger partial charge on any atom is -0.481 e. The van der Waals surface area contributed by atoms with Gasteiger partial charge in [-0.1, -0.05) is 38.8 Å². The Hall–Kier alpha value is -3.71. The number of carboxylic acid groups (broad SMARTS) is 1. The van der Waals surface area contributed by atoms with Crippen LogP contribution >= 0.6 is 0 Å². The number of amides is 3. The van der Waals surface area contributed by atoms with Crippen LogP contribution in [0.15, 0.2) is 12.2 Å². The van der Waals surface area contributed by atoms with Gasteiger partial charge < -0.3 is 35.8 Å². The zero-order chi connectivity index (χ0) is 39.9. The summed E-state index contributed by atoms with van der Waals surface area (Å²) in [4.78, 5) is 64.3. The zero-order valence-electron chi connectivity index (χ0n) is 33.1. The lowest BCUT2D eigenvalue weighted by Gasteiger charge is -2.45.